The normalized spacial score (nSPS) is 14.9. The van der Waals surface area contributed by atoms with Crippen LogP contribution in [0.15, 0.2) is 18.2 Å². The van der Waals surface area contributed by atoms with Crippen LogP contribution in [0.5, 0.6) is 0 Å². The van der Waals surface area contributed by atoms with Crippen LogP contribution in [0.1, 0.15) is 5.56 Å². The van der Waals surface area contributed by atoms with Crippen LogP contribution >= 0.6 is 11.6 Å². The lowest BCUT2D eigenvalue weighted by Gasteiger charge is -2.42. The van der Waals surface area contributed by atoms with E-state index in [1.165, 1.54) is 0 Å². The number of hydrogen-bond acceptors (Lipinski definition) is 1. The molecule has 0 atom stereocenters. The van der Waals surface area contributed by atoms with Crippen molar-refractivity contribution < 1.29 is 75.0 Å². The minimum atomic E-state index is -8.57. The molecule has 0 aromatic heterocycles. The topological polar surface area (TPSA) is 29.1 Å². The van der Waals surface area contributed by atoms with Crippen molar-refractivity contribution in [3.05, 3.63) is 28.8 Å². The van der Waals surface area contributed by atoms with Crippen LogP contribution in [0.3, 0.4) is 0 Å². The smallest absolute Gasteiger partial charge is 0.320 e. The molecule has 0 saturated carbocycles. The number of benzene rings is 1. The first-order valence-corrected chi connectivity index (χ1v) is 8.63. The Balaban J connectivity index is 3.57. The summed E-state index contributed by atoms with van der Waals surface area (Å²) < 4.78 is 213. The summed E-state index contributed by atoms with van der Waals surface area (Å²) in [5.74, 6) is -59.9. The van der Waals surface area contributed by atoms with Crippen LogP contribution in [-0.4, -0.2) is 53.8 Å². The molecule has 0 heterocycles. The highest BCUT2D eigenvalue weighted by atomic mass is 35.5. The van der Waals surface area contributed by atoms with Gasteiger partial charge in [0.05, 0.1) is 0 Å². The fourth-order valence-corrected chi connectivity index (χ4v) is 2.38. The number of halogens is 17. The van der Waals surface area contributed by atoms with Gasteiger partial charge in [0.1, 0.15) is 0 Å². The third-order valence-corrected chi connectivity index (χ3v) is 4.63. The first kappa shape index (κ1) is 30.9. The van der Waals surface area contributed by atoms with Gasteiger partial charge in [-0.3, -0.25) is 4.79 Å². The minimum absolute atomic E-state index is 0.278. The number of nitrogens with one attached hydrogen (secondary N) is 1. The molecule has 0 aliphatic rings. The summed E-state index contributed by atoms with van der Waals surface area (Å²) >= 11 is 5.41. The van der Waals surface area contributed by atoms with E-state index in [4.69, 9.17) is 11.6 Å². The maximum atomic E-state index is 13.9. The number of amides is 1. The fraction of sp³-hybridized carbons (Fsp3) is 0.562. The van der Waals surface area contributed by atoms with E-state index in [1.54, 1.807) is 0 Å². The largest absolute Gasteiger partial charge is 0.393 e. The second kappa shape index (κ2) is 8.76. The molecule has 0 aliphatic carbocycles. The Bertz CT molecular complexity index is 961. The molecule has 19 heteroatoms. The van der Waals surface area contributed by atoms with Gasteiger partial charge in [-0.25, -0.2) is 8.78 Å². The van der Waals surface area contributed by atoms with Gasteiger partial charge in [-0.2, -0.15) is 61.5 Å². The molecular weight excluding hydrogens is 562 g/mol. The van der Waals surface area contributed by atoms with Crippen molar-refractivity contribution in [2.75, 3.05) is 5.32 Å². The summed E-state index contributed by atoms with van der Waals surface area (Å²) in [5, 5.41) is 0.454. The van der Waals surface area contributed by atoms with E-state index in [-0.39, 0.29) is 10.6 Å². The Morgan fingerprint density at radius 2 is 1.14 bits per heavy atom. The molecule has 202 valence electrons. The summed E-state index contributed by atoms with van der Waals surface area (Å²) in [7, 11) is 0. The molecule has 0 spiro atoms. The lowest BCUT2D eigenvalue weighted by molar-refractivity contribution is -0.443. The van der Waals surface area contributed by atoms with Crippen LogP contribution in [0.4, 0.5) is 75.9 Å². The molecule has 0 bridgehead atoms. The van der Waals surface area contributed by atoms with E-state index in [0.29, 0.717) is 6.07 Å². The molecular formula is C16H8ClF16NO. The van der Waals surface area contributed by atoms with Crippen molar-refractivity contribution in [1.82, 2.24) is 0 Å². The summed E-state index contributed by atoms with van der Waals surface area (Å²) in [6.07, 6.45) is -5.93. The van der Waals surface area contributed by atoms with E-state index >= 15 is 0 Å². The Morgan fingerprint density at radius 3 is 1.57 bits per heavy atom. The quantitative estimate of drug-likeness (QED) is 0.311. The van der Waals surface area contributed by atoms with E-state index < -0.39 is 59.5 Å². The molecule has 35 heavy (non-hydrogen) atoms. The maximum absolute atomic E-state index is 13.9. The molecule has 1 aromatic carbocycles. The second-order valence-electron chi connectivity index (χ2n) is 6.78. The van der Waals surface area contributed by atoms with Crippen molar-refractivity contribution in [3.63, 3.8) is 0 Å². The number of hydrogen-bond donors (Lipinski definition) is 1. The number of aryl methyl sites for hydroxylation is 1. The van der Waals surface area contributed by atoms with E-state index in [0.717, 1.165) is 24.4 Å². The number of carbonyl (C=O) groups excluding carboxylic acids is 1. The Kier molecular flexibility index (Phi) is 7.73. The van der Waals surface area contributed by atoms with Gasteiger partial charge in [0.15, 0.2) is 0 Å². The molecule has 1 rings (SSSR count). The number of carbonyl (C=O) groups is 1. The van der Waals surface area contributed by atoms with Crippen molar-refractivity contribution in [2.24, 2.45) is 0 Å². The van der Waals surface area contributed by atoms with Crippen LogP contribution in [-0.2, 0) is 4.79 Å². The highest BCUT2D eigenvalue weighted by molar-refractivity contribution is 6.31. The third kappa shape index (κ3) is 4.34. The lowest BCUT2D eigenvalue weighted by Crippen LogP contribution is -2.74. The first-order valence-electron chi connectivity index (χ1n) is 8.25. The van der Waals surface area contributed by atoms with Crippen LogP contribution in [0, 0.1) is 6.92 Å². The van der Waals surface area contributed by atoms with Gasteiger partial charge >= 0.3 is 53.8 Å². The van der Waals surface area contributed by atoms with E-state index in [2.05, 4.69) is 0 Å². The van der Waals surface area contributed by atoms with Gasteiger partial charge < -0.3 is 5.32 Å². The van der Waals surface area contributed by atoms with Gasteiger partial charge in [-0.05, 0) is 24.6 Å². The second-order valence-corrected chi connectivity index (χ2v) is 7.22. The Labute approximate surface area is 188 Å². The molecule has 0 radical (unpaired) electrons. The van der Waals surface area contributed by atoms with Crippen molar-refractivity contribution in [2.45, 2.75) is 54.8 Å². The van der Waals surface area contributed by atoms with Crippen LogP contribution in [0.25, 0.3) is 0 Å². The monoisotopic (exact) mass is 569 g/mol. The predicted octanol–water partition coefficient (Wildman–Crippen LogP) is 7.30. The molecule has 0 unspecified atom stereocenters. The van der Waals surface area contributed by atoms with Crippen LogP contribution < -0.4 is 5.32 Å². The molecule has 0 aliphatic heterocycles. The summed E-state index contributed by atoms with van der Waals surface area (Å²) in [6, 6.07) is 2.52. The summed E-state index contributed by atoms with van der Waals surface area (Å²) in [6.45, 7) is 0.983. The van der Waals surface area contributed by atoms with E-state index in [9.17, 15) is 75.0 Å². The van der Waals surface area contributed by atoms with Gasteiger partial charge in [0.2, 0.25) is 0 Å². The SMILES string of the molecule is Cc1ccc(Cl)cc1NC(=O)C(F)(F)C(F)(F)C(F)(F)C(F)(F)C(F)(F)C(F)(F)C(F)(F)C(F)F. The van der Waals surface area contributed by atoms with Crippen molar-refractivity contribution >= 4 is 23.2 Å². The predicted molar refractivity (Wildman–Crippen MR) is 85.5 cm³/mol. The van der Waals surface area contributed by atoms with Crippen LogP contribution in [0.2, 0.25) is 5.02 Å². The third-order valence-electron chi connectivity index (χ3n) is 4.40. The van der Waals surface area contributed by atoms with E-state index in [1.807, 2.05) is 0 Å². The maximum Gasteiger partial charge on any atom is 0.393 e. The fourth-order valence-electron chi connectivity index (χ4n) is 2.21. The highest BCUT2D eigenvalue weighted by Crippen LogP contribution is 2.62. The number of rotatable bonds is 9. The average Bonchev–Trinajstić information content (AvgIpc) is 2.69. The zero-order chi connectivity index (χ0) is 28.2. The highest BCUT2D eigenvalue weighted by Gasteiger charge is 2.94. The van der Waals surface area contributed by atoms with Gasteiger partial charge in [0.25, 0.3) is 0 Å². The zero-order valence-electron chi connectivity index (χ0n) is 16.1. The summed E-state index contributed by atoms with van der Waals surface area (Å²) in [4.78, 5) is 11.5. The molecule has 0 fully saturated rings. The van der Waals surface area contributed by atoms with Gasteiger partial charge in [0, 0.05) is 10.7 Å². The average molecular weight is 570 g/mol. The first-order chi connectivity index (χ1) is 15.2. The van der Waals surface area contributed by atoms with Gasteiger partial charge in [-0.1, -0.05) is 17.7 Å². The van der Waals surface area contributed by atoms with Crippen molar-refractivity contribution in [3.8, 4) is 0 Å². The number of anilines is 1. The van der Waals surface area contributed by atoms with Gasteiger partial charge in [-0.15, -0.1) is 0 Å². The standard InChI is InChI=1S/C16H8ClF16NO/c1-5-2-3-6(17)4-7(5)34-9(35)11(22,23)13(26,27)15(30,31)16(32,33)14(28,29)12(24,25)10(20,21)8(18)19/h2-4,8H,1H3,(H,34,35). The van der Waals surface area contributed by atoms with Crippen molar-refractivity contribution in [1.29, 1.82) is 0 Å². The molecule has 0 saturated heterocycles. The molecule has 1 aromatic rings. The Hall–Kier alpha value is -2.14. The lowest BCUT2D eigenvalue weighted by atomic mass is 9.89. The molecule has 1 N–H and O–H groups in total. The minimum Gasteiger partial charge on any atom is -0.320 e. The number of alkyl halides is 16. The summed E-state index contributed by atoms with van der Waals surface area (Å²) in [5.41, 5.74) is -1.19. The molecule has 1 amide bonds. The zero-order valence-corrected chi connectivity index (χ0v) is 16.9. The molecule has 2 nitrogen and oxygen atoms in total. The Morgan fingerprint density at radius 1 is 0.743 bits per heavy atom.